The molecule has 2 N–H and O–H groups in total. The van der Waals surface area contributed by atoms with Crippen LogP contribution in [-0.4, -0.2) is 51.3 Å². The Bertz CT molecular complexity index is 957. The highest BCUT2D eigenvalue weighted by atomic mass is 16.2. The molecule has 1 aliphatic carbocycles. The fourth-order valence-electron chi connectivity index (χ4n) is 4.75. The van der Waals surface area contributed by atoms with E-state index in [1.54, 1.807) is 4.90 Å². The van der Waals surface area contributed by atoms with Crippen LogP contribution in [0.3, 0.4) is 0 Å². The highest BCUT2D eigenvalue weighted by molar-refractivity contribution is 6.09. The van der Waals surface area contributed by atoms with Crippen molar-refractivity contribution in [1.82, 2.24) is 20.1 Å². The van der Waals surface area contributed by atoms with Crippen molar-refractivity contribution in [1.29, 1.82) is 0 Å². The van der Waals surface area contributed by atoms with Gasteiger partial charge >= 0.3 is 6.03 Å². The average molecular weight is 366 g/mol. The molecule has 3 aliphatic rings. The molecular weight excluding hydrogens is 344 g/mol. The van der Waals surface area contributed by atoms with E-state index in [4.69, 9.17) is 0 Å². The molecule has 5 rings (SSSR count). The maximum absolute atomic E-state index is 12.9. The summed E-state index contributed by atoms with van der Waals surface area (Å²) in [7, 11) is 0. The SMILES string of the molecule is O=C(CN1C(=O)NC2(CCCC2)C1=O)N1CCc2[nH]c3ccccc3c2C1. The number of benzene rings is 1. The van der Waals surface area contributed by atoms with Crippen molar-refractivity contribution in [3.8, 4) is 0 Å². The quantitative estimate of drug-likeness (QED) is 0.796. The van der Waals surface area contributed by atoms with E-state index < -0.39 is 11.6 Å². The number of hydrogen-bond acceptors (Lipinski definition) is 3. The Morgan fingerprint density at radius 2 is 1.93 bits per heavy atom. The van der Waals surface area contributed by atoms with Crippen LogP contribution in [0.5, 0.6) is 0 Å². The molecule has 7 nitrogen and oxygen atoms in total. The number of urea groups is 1. The van der Waals surface area contributed by atoms with Gasteiger partial charge in [-0.05, 0) is 18.9 Å². The third-order valence-corrected chi connectivity index (χ3v) is 6.23. The van der Waals surface area contributed by atoms with Gasteiger partial charge in [0.25, 0.3) is 5.91 Å². The number of nitrogens with zero attached hydrogens (tertiary/aromatic N) is 2. The normalized spacial score (nSPS) is 21.2. The summed E-state index contributed by atoms with van der Waals surface area (Å²) in [4.78, 5) is 44.2. The number of fused-ring (bicyclic) bond motifs is 3. The number of H-pyrrole nitrogens is 1. The fraction of sp³-hybridized carbons (Fsp3) is 0.450. The lowest BCUT2D eigenvalue weighted by Crippen LogP contribution is -2.46. The maximum Gasteiger partial charge on any atom is 0.325 e. The molecule has 7 heteroatoms. The van der Waals surface area contributed by atoms with Gasteiger partial charge < -0.3 is 15.2 Å². The average Bonchev–Trinajstić information content (AvgIpc) is 3.35. The van der Waals surface area contributed by atoms with Crippen molar-refractivity contribution in [3.05, 3.63) is 35.5 Å². The predicted molar refractivity (Wildman–Crippen MR) is 98.9 cm³/mol. The summed E-state index contributed by atoms with van der Waals surface area (Å²) in [5.41, 5.74) is 2.62. The summed E-state index contributed by atoms with van der Waals surface area (Å²) in [6.45, 7) is 0.921. The summed E-state index contributed by atoms with van der Waals surface area (Å²) in [5.74, 6) is -0.410. The van der Waals surface area contributed by atoms with E-state index in [0.29, 0.717) is 25.9 Å². The largest absolute Gasteiger partial charge is 0.358 e. The number of aromatic amines is 1. The number of carbonyl (C=O) groups excluding carboxylic acids is 3. The van der Waals surface area contributed by atoms with Gasteiger partial charge in [0, 0.05) is 41.7 Å². The van der Waals surface area contributed by atoms with Gasteiger partial charge in [-0.25, -0.2) is 4.79 Å². The van der Waals surface area contributed by atoms with Gasteiger partial charge in [0.2, 0.25) is 5.91 Å². The summed E-state index contributed by atoms with van der Waals surface area (Å²) in [6.07, 6.45) is 3.96. The number of nitrogens with one attached hydrogen (secondary N) is 2. The number of hydrogen-bond donors (Lipinski definition) is 2. The van der Waals surface area contributed by atoms with E-state index in [2.05, 4.69) is 16.4 Å². The second-order valence-electron chi connectivity index (χ2n) is 7.80. The second-order valence-corrected chi connectivity index (χ2v) is 7.80. The molecule has 2 fully saturated rings. The van der Waals surface area contributed by atoms with Crippen LogP contribution in [0, 0.1) is 0 Å². The summed E-state index contributed by atoms with van der Waals surface area (Å²) < 4.78 is 0. The molecule has 1 aromatic heterocycles. The van der Waals surface area contributed by atoms with Crippen LogP contribution in [0.1, 0.15) is 36.9 Å². The van der Waals surface area contributed by atoms with Crippen molar-refractivity contribution in [3.63, 3.8) is 0 Å². The number of para-hydroxylation sites is 1. The van der Waals surface area contributed by atoms with Crippen molar-refractivity contribution in [2.45, 2.75) is 44.2 Å². The van der Waals surface area contributed by atoms with Gasteiger partial charge in [0.05, 0.1) is 0 Å². The van der Waals surface area contributed by atoms with Crippen molar-refractivity contribution in [2.24, 2.45) is 0 Å². The van der Waals surface area contributed by atoms with E-state index in [9.17, 15) is 14.4 Å². The monoisotopic (exact) mass is 366 g/mol. The topological polar surface area (TPSA) is 85.5 Å². The molecule has 1 spiro atoms. The van der Waals surface area contributed by atoms with Crippen molar-refractivity contribution >= 4 is 28.7 Å². The third-order valence-electron chi connectivity index (χ3n) is 6.23. The van der Waals surface area contributed by atoms with Gasteiger partial charge in [0.15, 0.2) is 0 Å². The molecule has 1 aromatic carbocycles. The highest BCUT2D eigenvalue weighted by Gasteiger charge is 2.52. The molecule has 3 heterocycles. The second kappa shape index (κ2) is 5.84. The van der Waals surface area contributed by atoms with E-state index in [1.165, 1.54) is 5.69 Å². The smallest absolute Gasteiger partial charge is 0.325 e. The van der Waals surface area contributed by atoms with Crippen LogP contribution < -0.4 is 5.32 Å². The Balaban J connectivity index is 1.33. The van der Waals surface area contributed by atoms with Gasteiger partial charge in [0.1, 0.15) is 12.1 Å². The van der Waals surface area contributed by atoms with Crippen LogP contribution in [0.2, 0.25) is 0 Å². The first-order valence-electron chi connectivity index (χ1n) is 9.58. The molecule has 0 bridgehead atoms. The number of aromatic nitrogens is 1. The van der Waals surface area contributed by atoms with Crippen LogP contribution in [-0.2, 0) is 22.6 Å². The molecule has 27 heavy (non-hydrogen) atoms. The van der Waals surface area contributed by atoms with Crippen molar-refractivity contribution in [2.75, 3.05) is 13.1 Å². The Morgan fingerprint density at radius 3 is 2.74 bits per heavy atom. The zero-order valence-corrected chi connectivity index (χ0v) is 15.1. The molecule has 0 radical (unpaired) electrons. The number of carbonyl (C=O) groups is 3. The lowest BCUT2D eigenvalue weighted by atomic mass is 9.98. The van der Waals surface area contributed by atoms with E-state index in [0.717, 1.165) is 40.6 Å². The Labute approximate surface area is 156 Å². The Morgan fingerprint density at radius 1 is 1.15 bits per heavy atom. The van der Waals surface area contributed by atoms with Crippen LogP contribution in [0.4, 0.5) is 4.79 Å². The molecule has 0 atom stereocenters. The Hall–Kier alpha value is -2.83. The minimum absolute atomic E-state index is 0.176. The van der Waals surface area contributed by atoms with E-state index >= 15 is 0 Å². The first kappa shape index (κ1) is 16.4. The summed E-state index contributed by atoms with van der Waals surface area (Å²) in [6, 6.07) is 7.64. The van der Waals surface area contributed by atoms with E-state index in [-0.39, 0.29) is 18.4 Å². The first-order chi connectivity index (χ1) is 13.1. The first-order valence-corrected chi connectivity index (χ1v) is 9.58. The standard InChI is InChI=1S/C20H22N4O3/c25-17(12-24-18(26)20(22-19(24)27)8-3-4-9-20)23-10-7-16-14(11-23)13-5-1-2-6-15(13)21-16/h1-2,5-6,21H,3-4,7-12H2,(H,22,27). The van der Waals surface area contributed by atoms with Crippen LogP contribution in [0.15, 0.2) is 24.3 Å². The van der Waals surface area contributed by atoms with Gasteiger partial charge in [-0.15, -0.1) is 0 Å². The molecule has 1 saturated carbocycles. The van der Waals surface area contributed by atoms with Gasteiger partial charge in [-0.2, -0.15) is 0 Å². The molecule has 2 aliphatic heterocycles. The zero-order chi connectivity index (χ0) is 18.6. The third kappa shape index (κ3) is 2.44. The van der Waals surface area contributed by atoms with Crippen LogP contribution >= 0.6 is 0 Å². The number of amides is 4. The number of rotatable bonds is 2. The van der Waals surface area contributed by atoms with Crippen molar-refractivity contribution < 1.29 is 14.4 Å². The molecule has 140 valence electrons. The summed E-state index contributed by atoms with van der Waals surface area (Å²) in [5, 5.41) is 3.96. The van der Waals surface area contributed by atoms with Gasteiger partial charge in [-0.1, -0.05) is 31.0 Å². The molecule has 2 aromatic rings. The Kier molecular flexibility index (Phi) is 3.54. The minimum Gasteiger partial charge on any atom is -0.358 e. The molecule has 0 unspecified atom stereocenters. The summed E-state index contributed by atoms with van der Waals surface area (Å²) >= 11 is 0. The molecular formula is C20H22N4O3. The van der Waals surface area contributed by atoms with Crippen LogP contribution in [0.25, 0.3) is 10.9 Å². The minimum atomic E-state index is -0.761. The zero-order valence-electron chi connectivity index (χ0n) is 15.1. The lowest BCUT2D eigenvalue weighted by Gasteiger charge is -2.28. The lowest BCUT2D eigenvalue weighted by molar-refractivity contribution is -0.139. The highest BCUT2D eigenvalue weighted by Crippen LogP contribution is 2.35. The molecule has 4 amide bonds. The van der Waals surface area contributed by atoms with E-state index in [1.807, 2.05) is 18.2 Å². The number of imide groups is 1. The maximum atomic E-state index is 12.9. The fourth-order valence-corrected chi connectivity index (χ4v) is 4.75. The predicted octanol–water partition coefficient (Wildman–Crippen LogP) is 1.92. The molecule has 1 saturated heterocycles. The van der Waals surface area contributed by atoms with Gasteiger partial charge in [-0.3, -0.25) is 14.5 Å².